The second-order valence-electron chi connectivity index (χ2n) is 4.62. The summed E-state index contributed by atoms with van der Waals surface area (Å²) in [4.78, 5) is 22.2. The zero-order valence-electron chi connectivity index (χ0n) is 12.7. The van der Waals surface area contributed by atoms with Crippen LogP contribution in [0.5, 0.6) is 5.75 Å². The molecule has 0 aliphatic carbocycles. The highest BCUT2D eigenvalue weighted by molar-refractivity contribution is 9.10. The summed E-state index contributed by atoms with van der Waals surface area (Å²) in [6, 6.07) is 10.8. The fourth-order valence-electron chi connectivity index (χ4n) is 1.89. The Bertz CT molecular complexity index is 793. The van der Waals surface area contributed by atoms with Crippen LogP contribution in [0.3, 0.4) is 0 Å². The molecule has 0 aliphatic heterocycles. The van der Waals surface area contributed by atoms with Crippen LogP contribution in [0.25, 0.3) is 0 Å². The highest BCUT2D eigenvalue weighted by atomic mass is 79.9. The van der Waals surface area contributed by atoms with Gasteiger partial charge >= 0.3 is 0 Å². The molecule has 0 radical (unpaired) electrons. The number of rotatable bonds is 6. The van der Waals surface area contributed by atoms with Crippen LogP contribution in [0.2, 0.25) is 0 Å². The number of halogens is 1. The molecule has 0 bridgehead atoms. The van der Waals surface area contributed by atoms with Gasteiger partial charge in [0.25, 0.3) is 11.6 Å². The second kappa shape index (κ2) is 8.21. The van der Waals surface area contributed by atoms with Crippen molar-refractivity contribution in [3.8, 4) is 5.75 Å². The molecule has 0 saturated heterocycles. The molecular weight excluding hydrogens is 378 g/mol. The standard InChI is InChI=1S/C16H14BrN3O4/c1-2-24-15-7-6-13(17)8-12(15)10-18-19-16(21)11-4-3-5-14(9-11)20(22)23/h3-10H,2H2,1H3,(H,19,21). The third kappa shape index (κ3) is 4.63. The number of nitro groups is 1. The SMILES string of the molecule is CCOc1ccc(Br)cc1C=NNC(=O)c1cccc([N+](=O)[O-])c1. The Hall–Kier alpha value is -2.74. The second-order valence-corrected chi connectivity index (χ2v) is 5.54. The number of nitrogens with zero attached hydrogens (tertiary/aromatic N) is 2. The van der Waals surface area contributed by atoms with Crippen LogP contribution < -0.4 is 10.2 Å². The van der Waals surface area contributed by atoms with Crippen LogP contribution in [-0.2, 0) is 0 Å². The van der Waals surface area contributed by atoms with Crippen molar-refractivity contribution < 1.29 is 14.5 Å². The molecule has 0 unspecified atom stereocenters. The van der Waals surface area contributed by atoms with Gasteiger partial charge in [0.05, 0.1) is 17.7 Å². The molecule has 8 heteroatoms. The summed E-state index contributed by atoms with van der Waals surface area (Å²) in [6.45, 7) is 2.37. The molecule has 2 aromatic carbocycles. The first-order valence-electron chi connectivity index (χ1n) is 7.01. The van der Waals surface area contributed by atoms with Gasteiger partial charge in [0.15, 0.2) is 0 Å². The molecule has 1 amide bonds. The maximum absolute atomic E-state index is 12.0. The highest BCUT2D eigenvalue weighted by Crippen LogP contribution is 2.21. The van der Waals surface area contributed by atoms with Gasteiger partial charge in [0.1, 0.15) is 5.75 Å². The Morgan fingerprint density at radius 3 is 2.88 bits per heavy atom. The van der Waals surface area contributed by atoms with Crippen LogP contribution in [0.4, 0.5) is 5.69 Å². The van der Waals surface area contributed by atoms with Crippen LogP contribution in [0.1, 0.15) is 22.8 Å². The van der Waals surface area contributed by atoms with E-state index < -0.39 is 10.8 Å². The first kappa shape index (κ1) is 17.6. The zero-order valence-corrected chi connectivity index (χ0v) is 14.3. The van der Waals surface area contributed by atoms with E-state index >= 15 is 0 Å². The number of amides is 1. The zero-order chi connectivity index (χ0) is 17.5. The number of non-ortho nitro benzene ring substituents is 1. The molecule has 0 fully saturated rings. The van der Waals surface area contributed by atoms with Crippen LogP contribution >= 0.6 is 15.9 Å². The lowest BCUT2D eigenvalue weighted by Crippen LogP contribution is -2.17. The van der Waals surface area contributed by atoms with E-state index in [0.29, 0.717) is 17.9 Å². The van der Waals surface area contributed by atoms with Gasteiger partial charge in [-0.1, -0.05) is 22.0 Å². The van der Waals surface area contributed by atoms with Crippen molar-refractivity contribution in [1.29, 1.82) is 0 Å². The molecule has 0 aromatic heterocycles. The maximum atomic E-state index is 12.0. The lowest BCUT2D eigenvalue weighted by atomic mass is 10.2. The van der Waals surface area contributed by atoms with Crippen LogP contribution in [0, 0.1) is 10.1 Å². The van der Waals surface area contributed by atoms with E-state index in [-0.39, 0.29) is 11.3 Å². The van der Waals surface area contributed by atoms with Crippen molar-refractivity contribution >= 4 is 33.7 Å². The number of carbonyl (C=O) groups excluding carboxylic acids is 1. The molecule has 7 nitrogen and oxygen atoms in total. The summed E-state index contributed by atoms with van der Waals surface area (Å²) in [5, 5.41) is 14.6. The predicted octanol–water partition coefficient (Wildman–Crippen LogP) is 3.52. The van der Waals surface area contributed by atoms with E-state index in [0.717, 1.165) is 4.47 Å². The van der Waals surface area contributed by atoms with Crippen molar-refractivity contribution in [2.24, 2.45) is 5.10 Å². The van der Waals surface area contributed by atoms with Gasteiger partial charge in [0.2, 0.25) is 0 Å². The fraction of sp³-hybridized carbons (Fsp3) is 0.125. The number of nitrogens with one attached hydrogen (secondary N) is 1. The fourth-order valence-corrected chi connectivity index (χ4v) is 2.27. The number of hydrogen-bond acceptors (Lipinski definition) is 5. The summed E-state index contributed by atoms with van der Waals surface area (Å²) < 4.78 is 6.32. The summed E-state index contributed by atoms with van der Waals surface area (Å²) in [5.41, 5.74) is 3.02. The smallest absolute Gasteiger partial charge is 0.271 e. The third-order valence-electron chi connectivity index (χ3n) is 2.96. The molecule has 24 heavy (non-hydrogen) atoms. The van der Waals surface area contributed by atoms with Crippen molar-refractivity contribution in [1.82, 2.24) is 5.43 Å². The normalized spacial score (nSPS) is 10.6. The Kier molecular flexibility index (Phi) is 6.02. The maximum Gasteiger partial charge on any atom is 0.271 e. The van der Waals surface area contributed by atoms with Gasteiger partial charge < -0.3 is 4.74 Å². The van der Waals surface area contributed by atoms with E-state index in [1.165, 1.54) is 30.5 Å². The Labute approximate surface area is 146 Å². The average molecular weight is 392 g/mol. The molecule has 2 rings (SSSR count). The van der Waals surface area contributed by atoms with Crippen molar-refractivity contribution in [3.63, 3.8) is 0 Å². The number of nitro benzene ring substituents is 1. The van der Waals surface area contributed by atoms with E-state index in [4.69, 9.17) is 4.74 Å². The van der Waals surface area contributed by atoms with Crippen molar-refractivity contribution in [2.45, 2.75) is 6.92 Å². The molecule has 0 spiro atoms. The minimum Gasteiger partial charge on any atom is -0.493 e. The molecule has 0 atom stereocenters. The molecule has 0 saturated carbocycles. The number of carbonyl (C=O) groups is 1. The molecule has 0 aliphatic rings. The molecule has 0 heterocycles. The van der Waals surface area contributed by atoms with Crippen LogP contribution in [0.15, 0.2) is 52.0 Å². The Morgan fingerprint density at radius 1 is 1.38 bits per heavy atom. The quantitative estimate of drug-likeness (QED) is 0.462. The number of hydrazone groups is 1. The molecular formula is C16H14BrN3O4. The average Bonchev–Trinajstić information content (AvgIpc) is 2.57. The summed E-state index contributed by atoms with van der Waals surface area (Å²) in [5.74, 6) is 0.0944. The van der Waals surface area contributed by atoms with Gasteiger partial charge in [-0.05, 0) is 31.2 Å². The largest absolute Gasteiger partial charge is 0.493 e. The van der Waals surface area contributed by atoms with Gasteiger partial charge in [-0.25, -0.2) is 5.43 Å². The van der Waals surface area contributed by atoms with Gasteiger partial charge in [-0.2, -0.15) is 5.10 Å². The first-order valence-corrected chi connectivity index (χ1v) is 7.80. The van der Waals surface area contributed by atoms with E-state index in [2.05, 4.69) is 26.5 Å². The lowest BCUT2D eigenvalue weighted by molar-refractivity contribution is -0.384. The minimum absolute atomic E-state index is 0.153. The monoisotopic (exact) mass is 391 g/mol. The van der Waals surface area contributed by atoms with E-state index in [1.807, 2.05) is 13.0 Å². The van der Waals surface area contributed by atoms with E-state index in [9.17, 15) is 14.9 Å². The lowest BCUT2D eigenvalue weighted by Gasteiger charge is -2.07. The summed E-state index contributed by atoms with van der Waals surface area (Å²) >= 11 is 3.36. The third-order valence-corrected chi connectivity index (χ3v) is 3.45. The van der Waals surface area contributed by atoms with Gasteiger partial charge in [-0.15, -0.1) is 0 Å². The molecule has 124 valence electrons. The minimum atomic E-state index is -0.560. The predicted molar refractivity (Wildman–Crippen MR) is 93.5 cm³/mol. The van der Waals surface area contributed by atoms with E-state index in [1.54, 1.807) is 12.1 Å². The summed E-state index contributed by atoms with van der Waals surface area (Å²) in [7, 11) is 0. The molecule has 2 aromatic rings. The number of ether oxygens (including phenoxy) is 1. The summed E-state index contributed by atoms with van der Waals surface area (Å²) in [6.07, 6.45) is 1.45. The first-order chi connectivity index (χ1) is 11.5. The topological polar surface area (TPSA) is 93.8 Å². The van der Waals surface area contributed by atoms with Crippen LogP contribution in [-0.4, -0.2) is 23.7 Å². The number of benzene rings is 2. The highest BCUT2D eigenvalue weighted by Gasteiger charge is 2.10. The van der Waals surface area contributed by atoms with Gasteiger partial charge in [-0.3, -0.25) is 14.9 Å². The molecule has 1 N–H and O–H groups in total. The van der Waals surface area contributed by atoms with Gasteiger partial charge in [0, 0.05) is 27.7 Å². The van der Waals surface area contributed by atoms with Crippen molar-refractivity contribution in [2.75, 3.05) is 6.61 Å². The Morgan fingerprint density at radius 2 is 2.17 bits per heavy atom. The number of hydrogen-bond donors (Lipinski definition) is 1. The van der Waals surface area contributed by atoms with Crippen molar-refractivity contribution in [3.05, 3.63) is 68.2 Å². The Balaban J connectivity index is 2.11.